The maximum Gasteiger partial charge on any atom is 0.115 e. The lowest BCUT2D eigenvalue weighted by molar-refractivity contribution is 0.131. The van der Waals surface area contributed by atoms with Crippen LogP contribution in [-0.2, 0) is 11.3 Å². The highest BCUT2D eigenvalue weighted by Gasteiger charge is 2.43. The number of hydrogen-bond donors (Lipinski definition) is 1. The SMILES string of the molecule is COCC1(Cn2cnc(-c3ccccc3)c2-c2ccc(O)cc2)CC1. The van der Waals surface area contributed by atoms with Crippen LogP contribution in [0, 0.1) is 5.41 Å². The van der Waals surface area contributed by atoms with Gasteiger partial charge in [0.25, 0.3) is 0 Å². The summed E-state index contributed by atoms with van der Waals surface area (Å²) in [6, 6.07) is 17.6. The molecule has 128 valence electrons. The molecule has 0 atom stereocenters. The Morgan fingerprint density at radius 3 is 2.40 bits per heavy atom. The minimum absolute atomic E-state index is 0.231. The first kappa shape index (κ1) is 15.9. The Kier molecular flexibility index (Phi) is 4.06. The Bertz CT molecular complexity index is 849. The number of hydrogen-bond acceptors (Lipinski definition) is 3. The van der Waals surface area contributed by atoms with Crippen molar-refractivity contribution in [3.63, 3.8) is 0 Å². The Morgan fingerprint density at radius 2 is 1.76 bits per heavy atom. The highest BCUT2D eigenvalue weighted by Crippen LogP contribution is 2.48. The first-order chi connectivity index (χ1) is 12.2. The largest absolute Gasteiger partial charge is 0.508 e. The maximum atomic E-state index is 9.64. The van der Waals surface area contributed by atoms with Crippen molar-refractivity contribution in [2.24, 2.45) is 5.41 Å². The van der Waals surface area contributed by atoms with Gasteiger partial charge in [-0.3, -0.25) is 0 Å². The highest BCUT2D eigenvalue weighted by molar-refractivity contribution is 5.78. The molecular weight excluding hydrogens is 312 g/mol. The second-order valence-corrected chi connectivity index (χ2v) is 6.92. The van der Waals surface area contributed by atoms with Crippen LogP contribution in [0.2, 0.25) is 0 Å². The number of ether oxygens (including phenoxy) is 1. The number of nitrogens with zero attached hydrogens (tertiary/aromatic N) is 2. The van der Waals surface area contributed by atoms with Crippen LogP contribution in [0.15, 0.2) is 60.9 Å². The van der Waals surface area contributed by atoms with E-state index in [1.807, 2.05) is 36.7 Å². The molecule has 0 amide bonds. The molecule has 4 nitrogen and oxygen atoms in total. The fourth-order valence-electron chi connectivity index (χ4n) is 3.42. The van der Waals surface area contributed by atoms with Gasteiger partial charge in [0.05, 0.1) is 24.3 Å². The molecule has 1 aliphatic rings. The predicted octanol–water partition coefficient (Wildman–Crippen LogP) is 4.35. The zero-order valence-electron chi connectivity index (χ0n) is 14.4. The second-order valence-electron chi connectivity index (χ2n) is 6.92. The highest BCUT2D eigenvalue weighted by atomic mass is 16.5. The van der Waals surface area contributed by atoms with Crippen molar-refractivity contribution in [2.45, 2.75) is 19.4 Å². The van der Waals surface area contributed by atoms with Gasteiger partial charge in [0.1, 0.15) is 5.75 Å². The number of phenols is 1. The molecule has 1 aliphatic carbocycles. The van der Waals surface area contributed by atoms with Crippen LogP contribution in [0.3, 0.4) is 0 Å². The normalized spacial score (nSPS) is 15.2. The van der Waals surface area contributed by atoms with Gasteiger partial charge in [0.2, 0.25) is 0 Å². The van der Waals surface area contributed by atoms with E-state index in [0.29, 0.717) is 0 Å². The van der Waals surface area contributed by atoms with E-state index in [-0.39, 0.29) is 11.2 Å². The van der Waals surface area contributed by atoms with E-state index in [1.54, 1.807) is 19.2 Å². The standard InChI is InChI=1S/C21H22N2O2/c1-25-14-21(11-12-21)13-23-15-22-19(16-5-3-2-4-6-16)20(23)17-7-9-18(24)10-8-17/h2-10,15,24H,11-14H2,1H3. The topological polar surface area (TPSA) is 47.3 Å². The summed E-state index contributed by atoms with van der Waals surface area (Å²) in [6.45, 7) is 1.68. The summed E-state index contributed by atoms with van der Waals surface area (Å²) in [6.07, 6.45) is 4.31. The van der Waals surface area contributed by atoms with Gasteiger partial charge in [-0.25, -0.2) is 4.98 Å². The molecule has 0 spiro atoms. The summed E-state index contributed by atoms with van der Waals surface area (Å²) in [5.41, 5.74) is 4.45. The van der Waals surface area contributed by atoms with Crippen LogP contribution < -0.4 is 0 Å². The average Bonchev–Trinajstić information content (AvgIpc) is 3.26. The number of aromatic hydroxyl groups is 1. The first-order valence-electron chi connectivity index (χ1n) is 8.60. The van der Waals surface area contributed by atoms with E-state index in [0.717, 1.165) is 35.7 Å². The van der Waals surface area contributed by atoms with Gasteiger partial charge >= 0.3 is 0 Å². The molecule has 1 heterocycles. The van der Waals surface area contributed by atoms with E-state index in [1.165, 1.54) is 12.8 Å². The minimum atomic E-state index is 0.231. The van der Waals surface area contributed by atoms with Crippen LogP contribution in [0.1, 0.15) is 12.8 Å². The summed E-state index contributed by atoms with van der Waals surface area (Å²) in [5, 5.41) is 9.64. The monoisotopic (exact) mass is 334 g/mol. The third-order valence-electron chi connectivity index (χ3n) is 4.94. The van der Waals surface area contributed by atoms with Crippen LogP contribution in [0.25, 0.3) is 22.5 Å². The summed E-state index contributed by atoms with van der Waals surface area (Å²) < 4.78 is 7.66. The summed E-state index contributed by atoms with van der Waals surface area (Å²) in [7, 11) is 1.77. The number of aromatic nitrogens is 2. The van der Waals surface area contributed by atoms with Crippen molar-refractivity contribution in [2.75, 3.05) is 13.7 Å². The Morgan fingerprint density at radius 1 is 1.04 bits per heavy atom. The quantitative estimate of drug-likeness (QED) is 0.729. The number of imidazole rings is 1. The number of benzene rings is 2. The van der Waals surface area contributed by atoms with Crippen molar-refractivity contribution >= 4 is 0 Å². The van der Waals surface area contributed by atoms with E-state index in [9.17, 15) is 5.11 Å². The van der Waals surface area contributed by atoms with E-state index in [4.69, 9.17) is 9.72 Å². The minimum Gasteiger partial charge on any atom is -0.508 e. The smallest absolute Gasteiger partial charge is 0.115 e. The fourth-order valence-corrected chi connectivity index (χ4v) is 3.42. The third kappa shape index (κ3) is 3.17. The summed E-state index contributed by atoms with van der Waals surface area (Å²) in [5.74, 6) is 0.272. The molecular formula is C21H22N2O2. The van der Waals surface area contributed by atoms with Gasteiger partial charge in [0.15, 0.2) is 0 Å². The molecule has 1 N–H and O–H groups in total. The van der Waals surface area contributed by atoms with Crippen molar-refractivity contribution in [3.8, 4) is 28.3 Å². The average molecular weight is 334 g/mol. The molecule has 25 heavy (non-hydrogen) atoms. The third-order valence-corrected chi connectivity index (χ3v) is 4.94. The number of rotatable bonds is 6. The van der Waals surface area contributed by atoms with Crippen LogP contribution in [0.4, 0.5) is 0 Å². The lowest BCUT2D eigenvalue weighted by Gasteiger charge is -2.17. The maximum absolute atomic E-state index is 9.64. The Balaban J connectivity index is 1.79. The van der Waals surface area contributed by atoms with Gasteiger partial charge < -0.3 is 14.4 Å². The number of phenolic OH excluding ortho intramolecular Hbond substituents is 1. The Labute approximate surface area is 147 Å². The molecule has 3 aromatic rings. The van der Waals surface area contributed by atoms with Crippen LogP contribution in [0.5, 0.6) is 5.75 Å². The fraction of sp³-hybridized carbons (Fsp3) is 0.286. The molecule has 1 saturated carbocycles. The van der Waals surface area contributed by atoms with Gasteiger partial charge in [-0.15, -0.1) is 0 Å². The Hall–Kier alpha value is -2.59. The second kappa shape index (κ2) is 6.37. The van der Waals surface area contributed by atoms with Crippen molar-refractivity contribution in [3.05, 3.63) is 60.9 Å². The molecule has 0 unspecified atom stereocenters. The molecule has 0 aliphatic heterocycles. The lowest BCUT2D eigenvalue weighted by atomic mass is 10.0. The zero-order chi connectivity index (χ0) is 17.3. The van der Waals surface area contributed by atoms with Crippen LogP contribution in [-0.4, -0.2) is 28.4 Å². The molecule has 0 saturated heterocycles. The summed E-state index contributed by atoms with van der Waals surface area (Å²) >= 11 is 0. The summed E-state index contributed by atoms with van der Waals surface area (Å²) in [4.78, 5) is 4.72. The van der Waals surface area contributed by atoms with Gasteiger partial charge in [-0.2, -0.15) is 0 Å². The van der Waals surface area contributed by atoms with Crippen molar-refractivity contribution in [1.82, 2.24) is 9.55 Å². The first-order valence-corrected chi connectivity index (χ1v) is 8.60. The van der Waals surface area contributed by atoms with E-state index >= 15 is 0 Å². The van der Waals surface area contributed by atoms with E-state index < -0.39 is 0 Å². The van der Waals surface area contributed by atoms with E-state index in [2.05, 4.69) is 16.7 Å². The molecule has 1 aromatic heterocycles. The van der Waals surface area contributed by atoms with Crippen LogP contribution >= 0.6 is 0 Å². The lowest BCUT2D eigenvalue weighted by Crippen LogP contribution is -2.17. The molecule has 0 bridgehead atoms. The molecule has 1 fully saturated rings. The molecule has 2 aromatic carbocycles. The predicted molar refractivity (Wildman–Crippen MR) is 98.3 cm³/mol. The van der Waals surface area contributed by atoms with Gasteiger partial charge in [-0.1, -0.05) is 30.3 Å². The molecule has 0 radical (unpaired) electrons. The zero-order valence-corrected chi connectivity index (χ0v) is 14.4. The van der Waals surface area contributed by atoms with Gasteiger partial charge in [-0.05, 0) is 37.1 Å². The van der Waals surface area contributed by atoms with Crippen molar-refractivity contribution < 1.29 is 9.84 Å². The van der Waals surface area contributed by atoms with Gasteiger partial charge in [0, 0.05) is 30.2 Å². The van der Waals surface area contributed by atoms with Crippen molar-refractivity contribution in [1.29, 1.82) is 0 Å². The number of methoxy groups -OCH3 is 1. The molecule has 4 rings (SSSR count). The molecule has 4 heteroatoms.